The lowest BCUT2D eigenvalue weighted by molar-refractivity contribution is -0.151. The minimum absolute atomic E-state index is 0.0965. The third-order valence-corrected chi connectivity index (χ3v) is 2.11. The van der Waals surface area contributed by atoms with E-state index in [0.717, 1.165) is 4.90 Å². The molecule has 0 atom stereocenters. The number of hydrogen-bond donors (Lipinski definition) is 1. The van der Waals surface area contributed by atoms with Gasteiger partial charge in [-0.25, -0.2) is 0 Å². The van der Waals surface area contributed by atoms with Gasteiger partial charge >= 0.3 is 6.18 Å². The highest BCUT2D eigenvalue weighted by atomic mass is 19.4. The first kappa shape index (κ1) is 13.3. The number of carbonyl (C=O) groups is 1. The first-order chi connectivity index (χ1) is 7.83. The molecule has 1 aromatic rings. The lowest BCUT2D eigenvalue weighted by atomic mass is 10.2. The van der Waals surface area contributed by atoms with Crippen LogP contribution in [0.4, 0.5) is 18.9 Å². The van der Waals surface area contributed by atoms with Gasteiger partial charge in [-0.05, 0) is 19.1 Å². The smallest absolute Gasteiger partial charge is 0.397 e. The number of aromatic hydroxyl groups is 1. The minimum atomic E-state index is -4.53. The van der Waals surface area contributed by atoms with Gasteiger partial charge in [0.05, 0.1) is 0 Å². The first-order valence-corrected chi connectivity index (χ1v) is 4.99. The number of nitrogens with zero attached hydrogens (tertiary/aromatic N) is 1. The lowest BCUT2D eigenvalue weighted by Gasteiger charge is -2.21. The predicted octanol–water partition coefficient (Wildman–Crippen LogP) is 2.70. The van der Waals surface area contributed by atoms with Gasteiger partial charge in [-0.1, -0.05) is 6.07 Å². The molecule has 17 heavy (non-hydrogen) atoms. The SMILES string of the molecule is CCN(C(=O)CC(F)(F)F)c1cccc(O)c1. The summed E-state index contributed by atoms with van der Waals surface area (Å²) in [7, 11) is 0. The molecule has 1 rings (SSSR count). The molecule has 0 bridgehead atoms. The normalized spacial score (nSPS) is 11.3. The van der Waals surface area contributed by atoms with Crippen molar-refractivity contribution >= 4 is 11.6 Å². The van der Waals surface area contributed by atoms with Crippen molar-refractivity contribution in [2.75, 3.05) is 11.4 Å². The summed E-state index contributed by atoms with van der Waals surface area (Å²) in [6.45, 7) is 1.68. The van der Waals surface area contributed by atoms with Crippen molar-refractivity contribution in [3.05, 3.63) is 24.3 Å². The summed E-state index contributed by atoms with van der Waals surface area (Å²) in [6.07, 6.45) is -6.03. The zero-order valence-electron chi connectivity index (χ0n) is 9.16. The molecule has 0 aliphatic heterocycles. The molecule has 1 amide bonds. The van der Waals surface area contributed by atoms with E-state index in [9.17, 15) is 23.1 Å². The number of benzene rings is 1. The molecular weight excluding hydrogens is 235 g/mol. The standard InChI is InChI=1S/C11H12F3NO2/c1-2-15(10(17)7-11(12,13)14)8-4-3-5-9(16)6-8/h3-6,16H,2,7H2,1H3. The Morgan fingerprint density at radius 2 is 2.06 bits per heavy atom. The van der Waals surface area contributed by atoms with Crippen molar-refractivity contribution in [2.45, 2.75) is 19.5 Å². The van der Waals surface area contributed by atoms with Crippen molar-refractivity contribution in [2.24, 2.45) is 0 Å². The van der Waals surface area contributed by atoms with Crippen LogP contribution in [-0.4, -0.2) is 23.7 Å². The number of phenolic OH excluding ortho intramolecular Hbond substituents is 1. The fourth-order valence-electron chi connectivity index (χ4n) is 1.43. The number of hydrogen-bond acceptors (Lipinski definition) is 2. The summed E-state index contributed by atoms with van der Waals surface area (Å²) >= 11 is 0. The maximum atomic E-state index is 12.1. The summed E-state index contributed by atoms with van der Waals surface area (Å²) in [5.74, 6) is -1.13. The summed E-state index contributed by atoms with van der Waals surface area (Å²) in [5, 5.41) is 9.21. The Morgan fingerprint density at radius 1 is 1.41 bits per heavy atom. The number of amides is 1. The highest BCUT2D eigenvalue weighted by molar-refractivity contribution is 5.93. The maximum Gasteiger partial charge on any atom is 0.397 e. The molecule has 6 heteroatoms. The van der Waals surface area contributed by atoms with Crippen LogP contribution in [0, 0.1) is 0 Å². The van der Waals surface area contributed by atoms with Gasteiger partial charge < -0.3 is 10.0 Å². The Balaban J connectivity index is 2.88. The van der Waals surface area contributed by atoms with Gasteiger partial charge in [-0.3, -0.25) is 4.79 Å². The van der Waals surface area contributed by atoms with E-state index in [1.54, 1.807) is 6.92 Å². The van der Waals surface area contributed by atoms with Gasteiger partial charge in [0.25, 0.3) is 0 Å². The molecule has 1 N–H and O–H groups in total. The number of carbonyl (C=O) groups excluding carboxylic acids is 1. The molecule has 0 fully saturated rings. The molecule has 0 aliphatic carbocycles. The average Bonchev–Trinajstić information content (AvgIpc) is 2.15. The number of rotatable bonds is 3. The Labute approximate surface area is 96.5 Å². The Morgan fingerprint density at radius 3 is 2.53 bits per heavy atom. The van der Waals surface area contributed by atoms with Crippen molar-refractivity contribution < 1.29 is 23.1 Å². The van der Waals surface area contributed by atoms with Gasteiger partial charge in [0.1, 0.15) is 12.2 Å². The molecule has 0 saturated carbocycles. The van der Waals surface area contributed by atoms with E-state index in [0.29, 0.717) is 0 Å². The molecule has 94 valence electrons. The van der Waals surface area contributed by atoms with Crippen LogP contribution in [0.3, 0.4) is 0 Å². The van der Waals surface area contributed by atoms with Crippen LogP contribution in [-0.2, 0) is 4.79 Å². The van der Waals surface area contributed by atoms with Crippen LogP contribution >= 0.6 is 0 Å². The molecule has 1 aromatic carbocycles. The quantitative estimate of drug-likeness (QED) is 0.892. The van der Waals surface area contributed by atoms with Gasteiger partial charge in [-0.2, -0.15) is 13.2 Å². The number of alkyl halides is 3. The molecule has 0 aromatic heterocycles. The molecule has 0 spiro atoms. The van der Waals surface area contributed by atoms with Crippen molar-refractivity contribution in [3.8, 4) is 5.75 Å². The van der Waals surface area contributed by atoms with Crippen molar-refractivity contribution in [1.29, 1.82) is 0 Å². The van der Waals surface area contributed by atoms with Gasteiger partial charge in [-0.15, -0.1) is 0 Å². The van der Waals surface area contributed by atoms with Crippen molar-refractivity contribution in [3.63, 3.8) is 0 Å². The average molecular weight is 247 g/mol. The summed E-state index contributed by atoms with van der Waals surface area (Å²) in [6, 6.07) is 5.56. The molecule has 0 radical (unpaired) electrons. The maximum absolute atomic E-state index is 12.1. The summed E-state index contributed by atoms with van der Waals surface area (Å²) in [5.41, 5.74) is 0.252. The first-order valence-electron chi connectivity index (χ1n) is 4.99. The Hall–Kier alpha value is -1.72. The predicted molar refractivity (Wildman–Crippen MR) is 56.8 cm³/mol. The third-order valence-electron chi connectivity index (χ3n) is 2.11. The van der Waals surface area contributed by atoms with Gasteiger partial charge in [0.15, 0.2) is 0 Å². The fraction of sp³-hybridized carbons (Fsp3) is 0.364. The van der Waals surface area contributed by atoms with Crippen LogP contribution in [0.5, 0.6) is 5.75 Å². The third kappa shape index (κ3) is 3.97. The molecular formula is C11H12F3NO2. The Kier molecular flexibility index (Phi) is 3.98. The minimum Gasteiger partial charge on any atom is -0.508 e. The van der Waals surface area contributed by atoms with Crippen LogP contribution in [0.2, 0.25) is 0 Å². The van der Waals surface area contributed by atoms with Crippen LogP contribution in [0.1, 0.15) is 13.3 Å². The van der Waals surface area contributed by atoms with E-state index in [1.807, 2.05) is 0 Å². The van der Waals surface area contributed by atoms with E-state index >= 15 is 0 Å². The Bertz CT molecular complexity index is 404. The molecule has 0 aliphatic rings. The second kappa shape index (κ2) is 5.07. The molecule has 3 nitrogen and oxygen atoms in total. The van der Waals surface area contributed by atoms with E-state index in [2.05, 4.69) is 0 Å². The monoisotopic (exact) mass is 247 g/mol. The molecule has 0 unspecified atom stereocenters. The largest absolute Gasteiger partial charge is 0.508 e. The highest BCUT2D eigenvalue weighted by Crippen LogP contribution is 2.25. The van der Waals surface area contributed by atoms with Crippen LogP contribution in [0.15, 0.2) is 24.3 Å². The topological polar surface area (TPSA) is 40.5 Å². The van der Waals surface area contributed by atoms with Crippen LogP contribution in [0.25, 0.3) is 0 Å². The zero-order valence-corrected chi connectivity index (χ0v) is 9.16. The second-order valence-electron chi connectivity index (χ2n) is 3.45. The number of halogens is 3. The number of anilines is 1. The lowest BCUT2D eigenvalue weighted by Crippen LogP contribution is -2.34. The van der Waals surface area contributed by atoms with Crippen molar-refractivity contribution in [1.82, 2.24) is 0 Å². The van der Waals surface area contributed by atoms with E-state index in [1.165, 1.54) is 24.3 Å². The van der Waals surface area contributed by atoms with E-state index < -0.39 is 18.5 Å². The molecule has 0 heterocycles. The van der Waals surface area contributed by atoms with E-state index in [-0.39, 0.29) is 18.0 Å². The number of phenols is 1. The fourth-order valence-corrected chi connectivity index (χ4v) is 1.43. The summed E-state index contributed by atoms with van der Waals surface area (Å²) in [4.78, 5) is 12.4. The van der Waals surface area contributed by atoms with Gasteiger partial charge in [0, 0.05) is 18.3 Å². The highest BCUT2D eigenvalue weighted by Gasteiger charge is 2.33. The summed E-state index contributed by atoms with van der Waals surface area (Å²) < 4.78 is 36.3. The van der Waals surface area contributed by atoms with Crippen LogP contribution < -0.4 is 4.90 Å². The molecule has 0 saturated heterocycles. The second-order valence-corrected chi connectivity index (χ2v) is 3.45. The van der Waals surface area contributed by atoms with E-state index in [4.69, 9.17) is 0 Å². The van der Waals surface area contributed by atoms with Gasteiger partial charge in [0.2, 0.25) is 5.91 Å². The zero-order chi connectivity index (χ0) is 13.1.